The van der Waals surface area contributed by atoms with Crippen LogP contribution in [0.3, 0.4) is 0 Å². The van der Waals surface area contributed by atoms with Gasteiger partial charge in [0.25, 0.3) is 0 Å². The van der Waals surface area contributed by atoms with Gasteiger partial charge >= 0.3 is 11.9 Å². The highest BCUT2D eigenvalue weighted by molar-refractivity contribution is 5.78. The molecule has 0 aromatic heterocycles. The van der Waals surface area contributed by atoms with Crippen molar-refractivity contribution in [3.05, 3.63) is 0 Å². The topological polar surface area (TPSA) is 76.7 Å². The van der Waals surface area contributed by atoms with Crippen molar-refractivity contribution in [2.45, 2.75) is 18.5 Å². The van der Waals surface area contributed by atoms with Crippen LogP contribution in [0.25, 0.3) is 0 Å². The maximum atomic E-state index is 11.8. The Morgan fingerprint density at radius 1 is 1.00 bits per heavy atom. The number of fused-ring (bicyclic) bond motifs is 2. The van der Waals surface area contributed by atoms with Crippen molar-refractivity contribution >= 4 is 11.9 Å². The summed E-state index contributed by atoms with van der Waals surface area (Å²) in [6, 6.07) is 0.667. The van der Waals surface area contributed by atoms with Gasteiger partial charge in [-0.05, 0) is 18.9 Å². The molecule has 5 aliphatic rings. The second-order valence-corrected chi connectivity index (χ2v) is 5.99. The molecule has 0 aromatic carbocycles. The number of esters is 2. The van der Waals surface area contributed by atoms with Gasteiger partial charge in [-0.1, -0.05) is 0 Å². The molecule has 0 amide bonds. The van der Waals surface area contributed by atoms with Gasteiger partial charge in [0.1, 0.15) is 13.2 Å². The van der Waals surface area contributed by atoms with Gasteiger partial charge in [-0.2, -0.15) is 0 Å². The molecular formula is C13H18N2O4. The number of carbonyl (C=O) groups is 2. The van der Waals surface area contributed by atoms with Crippen LogP contribution in [0.1, 0.15) is 6.42 Å². The van der Waals surface area contributed by atoms with Gasteiger partial charge < -0.3 is 20.1 Å². The molecule has 2 N–H and O–H groups in total. The Labute approximate surface area is 111 Å². The Kier molecular flexibility index (Phi) is 2.57. The third kappa shape index (κ3) is 1.77. The third-order valence-corrected chi connectivity index (χ3v) is 5.01. The zero-order chi connectivity index (χ0) is 13.0. The van der Waals surface area contributed by atoms with Crippen LogP contribution in [-0.4, -0.2) is 50.3 Å². The van der Waals surface area contributed by atoms with Gasteiger partial charge in [-0.25, -0.2) is 0 Å². The van der Waals surface area contributed by atoms with Crippen LogP contribution in [0.5, 0.6) is 0 Å². The van der Waals surface area contributed by atoms with Gasteiger partial charge in [0, 0.05) is 24.5 Å². The van der Waals surface area contributed by atoms with Crippen molar-refractivity contribution in [3.8, 4) is 0 Å². The lowest BCUT2D eigenvalue weighted by Crippen LogP contribution is -2.43. The molecule has 3 saturated heterocycles. The summed E-state index contributed by atoms with van der Waals surface area (Å²) in [6.45, 7) is 2.21. The maximum absolute atomic E-state index is 11.8. The molecule has 0 spiro atoms. The molecule has 6 heteroatoms. The van der Waals surface area contributed by atoms with E-state index in [4.69, 9.17) is 9.47 Å². The van der Waals surface area contributed by atoms with Crippen LogP contribution in [0, 0.1) is 23.7 Å². The quantitative estimate of drug-likeness (QED) is 0.486. The maximum Gasteiger partial charge on any atom is 0.311 e. The standard InChI is InChI=1S/C13H18N2O4/c16-12(9-6-3-8(9)14-4-6)18-1-2-19-13(17)10-7-5-15-11(7)10/h6-11,14-15H,1-5H2. The van der Waals surface area contributed by atoms with E-state index < -0.39 is 0 Å². The predicted octanol–water partition coefficient (Wildman–Crippen LogP) is -1.10. The zero-order valence-corrected chi connectivity index (χ0v) is 10.6. The van der Waals surface area contributed by atoms with Crippen molar-refractivity contribution in [1.82, 2.24) is 10.6 Å². The van der Waals surface area contributed by atoms with E-state index in [2.05, 4.69) is 10.6 Å². The van der Waals surface area contributed by atoms with Crippen molar-refractivity contribution in [2.24, 2.45) is 23.7 Å². The molecule has 2 saturated carbocycles. The lowest BCUT2D eigenvalue weighted by molar-refractivity contribution is -0.159. The molecule has 5 rings (SSSR count). The highest BCUT2D eigenvalue weighted by Crippen LogP contribution is 2.46. The van der Waals surface area contributed by atoms with E-state index in [1.165, 1.54) is 0 Å². The Balaban J connectivity index is 1.14. The molecule has 3 aliphatic heterocycles. The average molecular weight is 266 g/mol. The van der Waals surface area contributed by atoms with E-state index in [0.717, 1.165) is 19.5 Å². The first-order valence-electron chi connectivity index (χ1n) is 7.06. The number of hydrogen-bond acceptors (Lipinski definition) is 6. The normalized spacial score (nSPS) is 44.6. The molecule has 19 heavy (non-hydrogen) atoms. The second-order valence-electron chi connectivity index (χ2n) is 5.99. The van der Waals surface area contributed by atoms with Crippen LogP contribution in [0.15, 0.2) is 0 Å². The van der Waals surface area contributed by atoms with Crippen LogP contribution in [-0.2, 0) is 19.1 Å². The summed E-state index contributed by atoms with van der Waals surface area (Å²) in [5, 5.41) is 6.46. The van der Waals surface area contributed by atoms with Crippen molar-refractivity contribution in [1.29, 1.82) is 0 Å². The second kappa shape index (κ2) is 4.18. The van der Waals surface area contributed by atoms with E-state index in [1.807, 2.05) is 0 Å². The van der Waals surface area contributed by atoms with Gasteiger partial charge in [0.2, 0.25) is 0 Å². The SMILES string of the molecule is O=C(OCCOC(=O)C1C2CNC21)C1C2CNC1C2. The first kappa shape index (κ1) is 11.7. The molecule has 0 aromatic rings. The molecule has 2 bridgehead atoms. The summed E-state index contributed by atoms with van der Waals surface area (Å²) in [5.74, 6) is 0.721. The van der Waals surface area contributed by atoms with Gasteiger partial charge in [0.15, 0.2) is 0 Å². The summed E-state index contributed by atoms with van der Waals surface area (Å²) in [6.07, 6.45) is 1.09. The number of carbonyl (C=O) groups excluding carboxylic acids is 2. The molecule has 5 fully saturated rings. The lowest BCUT2D eigenvalue weighted by Gasteiger charge is -2.31. The van der Waals surface area contributed by atoms with Crippen molar-refractivity contribution in [2.75, 3.05) is 26.3 Å². The largest absolute Gasteiger partial charge is 0.462 e. The summed E-state index contributed by atoms with van der Waals surface area (Å²) in [5.41, 5.74) is 0. The van der Waals surface area contributed by atoms with E-state index >= 15 is 0 Å². The minimum absolute atomic E-state index is 0.0270. The molecule has 2 aliphatic carbocycles. The van der Waals surface area contributed by atoms with Crippen LogP contribution in [0.2, 0.25) is 0 Å². The van der Waals surface area contributed by atoms with Crippen molar-refractivity contribution < 1.29 is 19.1 Å². The number of rotatable bonds is 5. The fourth-order valence-electron chi connectivity index (χ4n) is 3.65. The molecule has 6 unspecified atom stereocenters. The highest BCUT2D eigenvalue weighted by atomic mass is 16.6. The minimum atomic E-state index is -0.151. The summed E-state index contributed by atoms with van der Waals surface area (Å²) in [7, 11) is 0. The molecular weight excluding hydrogens is 248 g/mol. The molecule has 3 heterocycles. The smallest absolute Gasteiger partial charge is 0.311 e. The molecule has 6 atom stereocenters. The van der Waals surface area contributed by atoms with E-state index in [0.29, 0.717) is 23.9 Å². The Hall–Kier alpha value is -1.14. The van der Waals surface area contributed by atoms with Crippen LogP contribution < -0.4 is 10.6 Å². The monoisotopic (exact) mass is 266 g/mol. The summed E-state index contributed by atoms with van der Waals surface area (Å²) in [4.78, 5) is 23.4. The zero-order valence-electron chi connectivity index (χ0n) is 10.6. The fourth-order valence-corrected chi connectivity index (χ4v) is 3.65. The Bertz CT molecular complexity index is 403. The molecule has 104 valence electrons. The number of nitrogens with one attached hydrogen (secondary N) is 2. The Morgan fingerprint density at radius 3 is 2.16 bits per heavy atom. The van der Waals surface area contributed by atoms with E-state index in [9.17, 15) is 9.59 Å². The van der Waals surface area contributed by atoms with Gasteiger partial charge in [0.05, 0.1) is 11.8 Å². The first-order valence-corrected chi connectivity index (χ1v) is 7.06. The van der Waals surface area contributed by atoms with Crippen LogP contribution in [0.4, 0.5) is 0 Å². The summed E-state index contributed by atoms with van der Waals surface area (Å²) < 4.78 is 10.3. The number of ether oxygens (including phenoxy) is 2. The minimum Gasteiger partial charge on any atom is -0.462 e. The molecule has 6 nitrogen and oxygen atoms in total. The predicted molar refractivity (Wildman–Crippen MR) is 64.1 cm³/mol. The lowest BCUT2D eigenvalue weighted by atomic mass is 9.74. The summed E-state index contributed by atoms with van der Waals surface area (Å²) >= 11 is 0. The van der Waals surface area contributed by atoms with E-state index in [-0.39, 0.29) is 37.0 Å². The number of hydrogen-bond donors (Lipinski definition) is 2. The molecule has 0 radical (unpaired) electrons. The van der Waals surface area contributed by atoms with Gasteiger partial charge in [-0.3, -0.25) is 9.59 Å². The van der Waals surface area contributed by atoms with Gasteiger partial charge in [-0.15, -0.1) is 0 Å². The van der Waals surface area contributed by atoms with E-state index in [1.54, 1.807) is 0 Å². The Morgan fingerprint density at radius 2 is 1.68 bits per heavy atom. The third-order valence-electron chi connectivity index (χ3n) is 5.01. The average Bonchev–Trinajstić information content (AvgIpc) is 2.80. The van der Waals surface area contributed by atoms with Crippen LogP contribution >= 0.6 is 0 Å². The highest BCUT2D eigenvalue weighted by Gasteiger charge is 2.61. The first-order chi connectivity index (χ1) is 9.25. The van der Waals surface area contributed by atoms with Crippen molar-refractivity contribution in [3.63, 3.8) is 0 Å². The fraction of sp³-hybridized carbons (Fsp3) is 0.846.